The molecule has 0 aromatic carbocycles. The summed E-state index contributed by atoms with van der Waals surface area (Å²) in [4.78, 5) is 2.30. The molecule has 5 heteroatoms. The first-order chi connectivity index (χ1) is 7.05. The molecule has 0 unspecified atom stereocenters. The fourth-order valence-electron chi connectivity index (χ4n) is 1.36. The van der Waals surface area contributed by atoms with Crippen LogP contribution in [0.5, 0.6) is 0 Å². The zero-order valence-corrected chi connectivity index (χ0v) is 12.1. The minimum atomic E-state index is -2.78. The molecule has 92 valence electrons. The van der Waals surface area contributed by atoms with Crippen LogP contribution < -0.4 is 0 Å². The predicted octanol–water partition coefficient (Wildman–Crippen LogP) is 1.92. The molecule has 0 aromatic rings. The van der Waals surface area contributed by atoms with Crippen LogP contribution in [0, 0.1) is 0 Å². The van der Waals surface area contributed by atoms with E-state index in [1.165, 1.54) is 0 Å². The molecule has 0 saturated heterocycles. The molecule has 0 aliphatic rings. The molecule has 0 saturated carbocycles. The Balaban J connectivity index is 3.72. The maximum Gasteiger partial charge on any atom is 0.150 e. The Hall–Kier alpha value is 0.390. The predicted molar refractivity (Wildman–Crippen MR) is 69.5 cm³/mol. The van der Waals surface area contributed by atoms with Crippen LogP contribution in [0.2, 0.25) is 0 Å². The number of hydrogen-bond acceptors (Lipinski definition) is 3. The summed E-state index contributed by atoms with van der Waals surface area (Å²) < 4.78 is 22.5. The van der Waals surface area contributed by atoms with Gasteiger partial charge in [-0.1, -0.05) is 29.8 Å². The van der Waals surface area contributed by atoms with Gasteiger partial charge in [0.1, 0.15) is 9.84 Å². The minimum absolute atomic E-state index is 0.264. The van der Waals surface area contributed by atoms with E-state index in [-0.39, 0.29) is 5.75 Å². The number of sulfone groups is 1. The van der Waals surface area contributed by atoms with Gasteiger partial charge in [-0.15, -0.1) is 0 Å². The molecule has 0 N–H and O–H groups in total. The maximum atomic E-state index is 11.3. The fourth-order valence-corrected chi connectivity index (χ4v) is 2.47. The Morgan fingerprint density at radius 2 is 1.73 bits per heavy atom. The summed E-state index contributed by atoms with van der Waals surface area (Å²) in [7, 11) is -2.78. The van der Waals surface area contributed by atoms with Gasteiger partial charge in [0.15, 0.2) is 0 Å². The zero-order chi connectivity index (χ0) is 11.7. The highest BCUT2D eigenvalue weighted by Gasteiger charge is 2.08. The van der Waals surface area contributed by atoms with Gasteiger partial charge in [0.05, 0.1) is 5.75 Å². The Morgan fingerprint density at radius 1 is 1.13 bits per heavy atom. The highest BCUT2D eigenvalue weighted by molar-refractivity contribution is 9.09. The van der Waals surface area contributed by atoms with Gasteiger partial charge in [0.2, 0.25) is 0 Å². The summed E-state index contributed by atoms with van der Waals surface area (Å²) in [6.07, 6.45) is 1.88. The van der Waals surface area contributed by atoms with Crippen LogP contribution >= 0.6 is 15.9 Å². The van der Waals surface area contributed by atoms with Gasteiger partial charge in [-0.2, -0.15) is 0 Å². The van der Waals surface area contributed by atoms with Crippen LogP contribution in [-0.2, 0) is 9.84 Å². The molecule has 0 aliphatic heterocycles. The molecule has 15 heavy (non-hydrogen) atoms. The SMILES string of the molecule is CCN(CCCBr)CCCS(=O)(=O)CC. The lowest BCUT2D eigenvalue weighted by molar-refractivity contribution is 0.291. The van der Waals surface area contributed by atoms with E-state index in [0.29, 0.717) is 5.75 Å². The Morgan fingerprint density at radius 3 is 2.20 bits per heavy atom. The molecule has 0 amide bonds. The van der Waals surface area contributed by atoms with E-state index >= 15 is 0 Å². The first-order valence-corrected chi connectivity index (χ1v) is 8.48. The quantitative estimate of drug-likeness (QED) is 0.611. The summed E-state index contributed by atoms with van der Waals surface area (Å²) in [5.41, 5.74) is 0. The second kappa shape index (κ2) is 8.53. The smallest absolute Gasteiger partial charge is 0.150 e. The van der Waals surface area contributed by atoms with E-state index in [2.05, 4.69) is 27.8 Å². The highest BCUT2D eigenvalue weighted by Crippen LogP contribution is 1.99. The van der Waals surface area contributed by atoms with Gasteiger partial charge < -0.3 is 4.90 Å². The molecule has 0 rings (SSSR count). The van der Waals surface area contributed by atoms with Crippen molar-refractivity contribution in [2.75, 3.05) is 36.5 Å². The first-order valence-electron chi connectivity index (χ1n) is 5.54. The van der Waals surface area contributed by atoms with Gasteiger partial charge in [-0.25, -0.2) is 8.42 Å². The van der Waals surface area contributed by atoms with Crippen LogP contribution in [0.4, 0.5) is 0 Å². The average Bonchev–Trinajstić information content (AvgIpc) is 2.23. The Labute approximate surface area is 102 Å². The number of alkyl halides is 1. The van der Waals surface area contributed by atoms with E-state index in [4.69, 9.17) is 0 Å². The molecule has 0 aromatic heterocycles. The van der Waals surface area contributed by atoms with Gasteiger partial charge in [-0.3, -0.25) is 0 Å². The van der Waals surface area contributed by atoms with E-state index in [0.717, 1.165) is 37.8 Å². The van der Waals surface area contributed by atoms with Crippen molar-refractivity contribution in [2.45, 2.75) is 26.7 Å². The van der Waals surface area contributed by atoms with E-state index < -0.39 is 9.84 Å². The van der Waals surface area contributed by atoms with E-state index in [1.807, 2.05) is 0 Å². The average molecular weight is 300 g/mol. The zero-order valence-electron chi connectivity index (χ0n) is 9.71. The van der Waals surface area contributed by atoms with Crippen molar-refractivity contribution < 1.29 is 8.42 Å². The molecule has 3 nitrogen and oxygen atoms in total. The molecule has 0 spiro atoms. The van der Waals surface area contributed by atoms with Gasteiger partial charge in [0.25, 0.3) is 0 Å². The Kier molecular flexibility index (Phi) is 8.75. The number of rotatable bonds is 9. The normalized spacial score (nSPS) is 12.3. The van der Waals surface area contributed by atoms with Crippen molar-refractivity contribution >= 4 is 25.8 Å². The molecule has 0 atom stereocenters. The second-order valence-electron chi connectivity index (χ2n) is 3.57. The van der Waals surface area contributed by atoms with Crippen molar-refractivity contribution in [3.05, 3.63) is 0 Å². The molecule has 0 radical (unpaired) electrons. The third-order valence-corrected chi connectivity index (χ3v) is 4.78. The summed E-state index contributed by atoms with van der Waals surface area (Å²) in [5.74, 6) is 0.592. The Bertz CT molecular complexity index is 242. The lowest BCUT2D eigenvalue weighted by atomic mass is 10.3. The van der Waals surface area contributed by atoms with Crippen molar-refractivity contribution in [2.24, 2.45) is 0 Å². The van der Waals surface area contributed by atoms with E-state index in [1.54, 1.807) is 6.92 Å². The van der Waals surface area contributed by atoms with Gasteiger partial charge in [-0.05, 0) is 32.5 Å². The van der Waals surface area contributed by atoms with Crippen LogP contribution in [0.3, 0.4) is 0 Å². The van der Waals surface area contributed by atoms with Crippen molar-refractivity contribution in [1.82, 2.24) is 4.90 Å². The van der Waals surface area contributed by atoms with Gasteiger partial charge >= 0.3 is 0 Å². The maximum absolute atomic E-state index is 11.3. The summed E-state index contributed by atoms with van der Waals surface area (Å²) in [6, 6.07) is 0. The standard InChI is InChI=1S/C10H22BrNO2S/c1-3-12(8-5-7-11)9-6-10-15(13,14)4-2/h3-10H2,1-2H3. The molecular formula is C10H22BrNO2S. The van der Waals surface area contributed by atoms with Crippen LogP contribution in [0.15, 0.2) is 0 Å². The van der Waals surface area contributed by atoms with Crippen molar-refractivity contribution in [1.29, 1.82) is 0 Å². The molecular weight excluding hydrogens is 278 g/mol. The van der Waals surface area contributed by atoms with Crippen molar-refractivity contribution in [3.63, 3.8) is 0 Å². The lowest BCUT2D eigenvalue weighted by Crippen LogP contribution is -2.27. The largest absolute Gasteiger partial charge is 0.304 e. The minimum Gasteiger partial charge on any atom is -0.304 e. The topological polar surface area (TPSA) is 37.4 Å². The number of hydrogen-bond donors (Lipinski definition) is 0. The van der Waals surface area contributed by atoms with Crippen molar-refractivity contribution in [3.8, 4) is 0 Å². The summed E-state index contributed by atoms with van der Waals surface area (Å²) in [5, 5.41) is 1.01. The fraction of sp³-hybridized carbons (Fsp3) is 1.00. The second-order valence-corrected chi connectivity index (χ2v) is 6.83. The number of halogens is 1. The third-order valence-electron chi connectivity index (χ3n) is 2.42. The van der Waals surface area contributed by atoms with E-state index in [9.17, 15) is 8.42 Å². The molecule has 0 fully saturated rings. The monoisotopic (exact) mass is 299 g/mol. The van der Waals surface area contributed by atoms with Crippen LogP contribution in [0.1, 0.15) is 26.7 Å². The van der Waals surface area contributed by atoms with Crippen LogP contribution in [-0.4, -0.2) is 49.8 Å². The molecule has 0 aliphatic carbocycles. The third kappa shape index (κ3) is 8.22. The molecule has 0 bridgehead atoms. The number of nitrogens with zero attached hydrogens (tertiary/aromatic N) is 1. The first kappa shape index (κ1) is 15.4. The molecule has 0 heterocycles. The van der Waals surface area contributed by atoms with Crippen LogP contribution in [0.25, 0.3) is 0 Å². The lowest BCUT2D eigenvalue weighted by Gasteiger charge is -2.19. The summed E-state index contributed by atoms with van der Waals surface area (Å²) in [6.45, 7) is 6.76. The van der Waals surface area contributed by atoms with Gasteiger partial charge in [0, 0.05) is 11.1 Å². The summed E-state index contributed by atoms with van der Waals surface area (Å²) >= 11 is 3.40. The highest BCUT2D eigenvalue weighted by atomic mass is 79.9.